The number of ether oxygens (including phenoxy) is 2. The van der Waals surface area contributed by atoms with E-state index in [1.54, 1.807) is 14.0 Å². The third-order valence-corrected chi connectivity index (χ3v) is 4.96. The predicted octanol–water partition coefficient (Wildman–Crippen LogP) is 2.53. The SMILES string of the molecule is C=C/C1=N\c2c(cnn2C)C(=O)N(CC(N)=O)CCOc2ccc(F)c(Cl)c2C(C)O1. The number of aryl methyl sites for hydroxylation is 1. The van der Waals surface area contributed by atoms with Crippen molar-refractivity contribution in [2.45, 2.75) is 13.0 Å². The van der Waals surface area contributed by atoms with Gasteiger partial charge in [0.1, 0.15) is 29.8 Å². The van der Waals surface area contributed by atoms with Crippen LogP contribution in [0.5, 0.6) is 5.75 Å². The summed E-state index contributed by atoms with van der Waals surface area (Å²) in [7, 11) is 1.60. The lowest BCUT2D eigenvalue weighted by molar-refractivity contribution is -0.118. The fourth-order valence-electron chi connectivity index (χ4n) is 3.11. The van der Waals surface area contributed by atoms with Crippen LogP contribution in [0, 0.1) is 5.82 Å². The Labute approximate surface area is 182 Å². The topological polar surface area (TPSA) is 112 Å². The molecule has 9 nitrogen and oxygen atoms in total. The zero-order valence-corrected chi connectivity index (χ0v) is 17.7. The van der Waals surface area contributed by atoms with Crippen molar-refractivity contribution >= 4 is 35.1 Å². The lowest BCUT2D eigenvalue weighted by Gasteiger charge is -2.22. The van der Waals surface area contributed by atoms with Crippen LogP contribution in [0.15, 0.2) is 36.0 Å². The highest BCUT2D eigenvalue weighted by Gasteiger charge is 2.26. The summed E-state index contributed by atoms with van der Waals surface area (Å²) in [6.07, 6.45) is 1.91. The van der Waals surface area contributed by atoms with E-state index < -0.39 is 23.7 Å². The summed E-state index contributed by atoms with van der Waals surface area (Å²) >= 11 is 6.19. The number of hydrogen-bond acceptors (Lipinski definition) is 6. The lowest BCUT2D eigenvalue weighted by Crippen LogP contribution is -2.40. The molecule has 2 heterocycles. The van der Waals surface area contributed by atoms with Gasteiger partial charge in [-0.15, -0.1) is 0 Å². The van der Waals surface area contributed by atoms with Gasteiger partial charge in [-0.1, -0.05) is 18.2 Å². The molecule has 0 saturated heterocycles. The Morgan fingerprint density at radius 1 is 1.48 bits per heavy atom. The molecule has 1 aromatic heterocycles. The van der Waals surface area contributed by atoms with Crippen LogP contribution in [0.3, 0.4) is 0 Å². The average Bonchev–Trinajstić information content (AvgIpc) is 3.08. The van der Waals surface area contributed by atoms with E-state index >= 15 is 0 Å². The van der Waals surface area contributed by atoms with Crippen molar-refractivity contribution in [1.29, 1.82) is 0 Å². The van der Waals surface area contributed by atoms with Gasteiger partial charge >= 0.3 is 0 Å². The molecule has 0 saturated carbocycles. The van der Waals surface area contributed by atoms with E-state index in [4.69, 9.17) is 26.8 Å². The van der Waals surface area contributed by atoms with Gasteiger partial charge < -0.3 is 20.1 Å². The molecule has 164 valence electrons. The Bertz CT molecular complexity index is 1070. The number of nitrogens with two attached hydrogens (primary N) is 1. The number of halogens is 2. The first-order valence-electron chi connectivity index (χ1n) is 9.31. The Morgan fingerprint density at radius 2 is 2.23 bits per heavy atom. The predicted molar refractivity (Wildman–Crippen MR) is 112 cm³/mol. The fraction of sp³-hybridized carbons (Fsp3) is 0.300. The smallest absolute Gasteiger partial charge is 0.259 e. The van der Waals surface area contributed by atoms with E-state index in [1.807, 2.05) is 0 Å². The zero-order chi connectivity index (χ0) is 22.7. The fourth-order valence-corrected chi connectivity index (χ4v) is 3.42. The summed E-state index contributed by atoms with van der Waals surface area (Å²) in [4.78, 5) is 30.2. The summed E-state index contributed by atoms with van der Waals surface area (Å²) < 4.78 is 27.1. The Morgan fingerprint density at radius 3 is 2.90 bits per heavy atom. The highest BCUT2D eigenvalue weighted by molar-refractivity contribution is 6.31. The molecule has 11 heteroatoms. The van der Waals surface area contributed by atoms with Crippen molar-refractivity contribution in [1.82, 2.24) is 14.7 Å². The van der Waals surface area contributed by atoms with E-state index in [-0.39, 0.29) is 53.3 Å². The monoisotopic (exact) mass is 449 g/mol. The van der Waals surface area contributed by atoms with E-state index in [2.05, 4.69) is 16.7 Å². The quantitative estimate of drug-likeness (QED) is 0.773. The van der Waals surface area contributed by atoms with Crippen LogP contribution in [0.4, 0.5) is 10.2 Å². The van der Waals surface area contributed by atoms with Crippen molar-refractivity contribution in [2.24, 2.45) is 17.8 Å². The first-order chi connectivity index (χ1) is 14.7. The van der Waals surface area contributed by atoms with Gasteiger partial charge in [-0.3, -0.25) is 14.3 Å². The van der Waals surface area contributed by atoms with Crippen LogP contribution in [0.25, 0.3) is 0 Å². The minimum atomic E-state index is -0.759. The number of rotatable bonds is 3. The number of fused-ring (bicyclic) bond motifs is 2. The second-order valence-electron chi connectivity index (χ2n) is 6.73. The molecule has 0 spiro atoms. The summed E-state index contributed by atoms with van der Waals surface area (Å²) in [6, 6.07) is 2.59. The molecule has 2 aromatic rings. The largest absolute Gasteiger partial charge is 0.491 e. The van der Waals surface area contributed by atoms with Crippen molar-refractivity contribution < 1.29 is 23.5 Å². The van der Waals surface area contributed by atoms with Gasteiger partial charge in [0.05, 0.1) is 29.9 Å². The van der Waals surface area contributed by atoms with Gasteiger partial charge in [-0.2, -0.15) is 10.1 Å². The number of benzene rings is 1. The average molecular weight is 450 g/mol. The minimum Gasteiger partial charge on any atom is -0.491 e. The van der Waals surface area contributed by atoms with Crippen LogP contribution < -0.4 is 10.5 Å². The van der Waals surface area contributed by atoms with Gasteiger partial charge in [0.15, 0.2) is 5.82 Å². The molecule has 0 bridgehead atoms. The molecular weight excluding hydrogens is 429 g/mol. The first-order valence-corrected chi connectivity index (χ1v) is 9.68. The number of amides is 2. The maximum absolute atomic E-state index is 14.1. The molecule has 2 N–H and O–H groups in total. The summed E-state index contributed by atoms with van der Waals surface area (Å²) in [5.41, 5.74) is 5.72. The van der Waals surface area contributed by atoms with Crippen molar-refractivity contribution in [3.05, 3.63) is 53.0 Å². The highest BCUT2D eigenvalue weighted by atomic mass is 35.5. The second kappa shape index (κ2) is 9.17. The number of carbonyl (C=O) groups excluding carboxylic acids is 2. The molecule has 3 rings (SSSR count). The van der Waals surface area contributed by atoms with Gasteiger partial charge in [0.25, 0.3) is 5.91 Å². The van der Waals surface area contributed by atoms with Gasteiger partial charge in [-0.05, 0) is 25.1 Å². The summed E-state index contributed by atoms with van der Waals surface area (Å²) in [5.74, 6) is -1.33. The molecule has 31 heavy (non-hydrogen) atoms. The van der Waals surface area contributed by atoms with Gasteiger partial charge in [-0.25, -0.2) is 4.39 Å². The third kappa shape index (κ3) is 4.69. The van der Waals surface area contributed by atoms with Crippen LogP contribution in [0.2, 0.25) is 5.02 Å². The molecule has 1 unspecified atom stereocenters. The molecule has 0 aliphatic carbocycles. The number of aliphatic imine (C=N–C) groups is 1. The number of primary amides is 1. The third-order valence-electron chi connectivity index (χ3n) is 4.58. The molecule has 1 aliphatic rings. The molecule has 1 aromatic carbocycles. The standard InChI is InChI=1S/C20H21ClFN5O4/c1-4-16-25-19-12(9-24-26(19)3)20(29)27(10-15(23)28)7-8-30-14-6-5-13(22)18(21)17(14)11(2)31-16/h4-6,9,11H,1,7-8,10H2,2-3H3,(H2,23,28)/b25-16+. The normalized spacial score (nSPS) is 18.7. The van der Waals surface area contributed by atoms with Crippen LogP contribution in [-0.2, 0) is 16.6 Å². The van der Waals surface area contributed by atoms with E-state index in [9.17, 15) is 14.0 Å². The molecule has 0 fully saturated rings. The summed E-state index contributed by atoms with van der Waals surface area (Å²) in [5, 5.41) is 3.92. The van der Waals surface area contributed by atoms with Gasteiger partial charge in [0, 0.05) is 7.05 Å². The molecule has 0 radical (unpaired) electrons. The second-order valence-corrected chi connectivity index (χ2v) is 7.11. The molecule has 1 aliphatic heterocycles. The minimum absolute atomic E-state index is 0.00846. The van der Waals surface area contributed by atoms with Crippen molar-refractivity contribution in [3.63, 3.8) is 0 Å². The number of carbonyl (C=O) groups is 2. The maximum Gasteiger partial charge on any atom is 0.259 e. The van der Waals surface area contributed by atoms with Crippen LogP contribution >= 0.6 is 11.6 Å². The van der Waals surface area contributed by atoms with E-state index in [0.29, 0.717) is 0 Å². The molecule has 2 amide bonds. The Hall–Kier alpha value is -3.40. The van der Waals surface area contributed by atoms with Crippen LogP contribution in [0.1, 0.15) is 28.9 Å². The van der Waals surface area contributed by atoms with E-state index in [1.165, 1.54) is 34.0 Å². The Balaban J connectivity index is 2.14. The van der Waals surface area contributed by atoms with Gasteiger partial charge in [0.2, 0.25) is 11.8 Å². The molecule has 1 atom stereocenters. The first kappa shape index (κ1) is 22.3. The lowest BCUT2D eigenvalue weighted by atomic mass is 10.1. The number of hydrogen-bond donors (Lipinski definition) is 1. The zero-order valence-electron chi connectivity index (χ0n) is 17.0. The van der Waals surface area contributed by atoms with Crippen molar-refractivity contribution in [3.8, 4) is 5.75 Å². The number of aromatic nitrogens is 2. The summed E-state index contributed by atoms with van der Waals surface area (Å²) in [6.45, 7) is 5.02. The highest BCUT2D eigenvalue weighted by Crippen LogP contribution is 2.36. The van der Waals surface area contributed by atoms with Crippen molar-refractivity contribution in [2.75, 3.05) is 19.7 Å². The van der Waals surface area contributed by atoms with E-state index in [0.717, 1.165) is 0 Å². The van der Waals surface area contributed by atoms with Crippen LogP contribution in [-0.4, -0.2) is 52.1 Å². The molecular formula is C20H21ClFN5O4. The number of nitrogens with zero attached hydrogens (tertiary/aromatic N) is 4. The Kier molecular flexibility index (Phi) is 6.59. The maximum atomic E-state index is 14.1.